The minimum absolute atomic E-state index is 0.0641. The summed E-state index contributed by atoms with van der Waals surface area (Å²) in [6.07, 6.45) is 8.59. The summed E-state index contributed by atoms with van der Waals surface area (Å²) in [6.45, 7) is 3.37. The lowest BCUT2D eigenvalue weighted by Crippen LogP contribution is -2.45. The highest BCUT2D eigenvalue weighted by Gasteiger charge is 2.21. The highest BCUT2D eigenvalue weighted by atomic mass is 16.2. The van der Waals surface area contributed by atoms with Crippen molar-refractivity contribution in [3.05, 3.63) is 48.5 Å². The third kappa shape index (κ3) is 8.54. The molecule has 0 fully saturated rings. The topological polar surface area (TPSA) is 110 Å². The van der Waals surface area contributed by atoms with Gasteiger partial charge in [-0.25, -0.2) is 4.98 Å². The summed E-state index contributed by atoms with van der Waals surface area (Å²) in [5.41, 5.74) is 0.999. The smallest absolute Gasteiger partial charge is 0.246 e. The Morgan fingerprint density at radius 2 is 1.94 bits per heavy atom. The fourth-order valence-corrected chi connectivity index (χ4v) is 3.12. The van der Waals surface area contributed by atoms with Gasteiger partial charge >= 0.3 is 0 Å². The molecule has 8 heteroatoms. The van der Waals surface area contributed by atoms with Crippen molar-refractivity contribution < 1.29 is 19.2 Å². The van der Waals surface area contributed by atoms with Gasteiger partial charge in [0.05, 0.1) is 6.33 Å². The van der Waals surface area contributed by atoms with E-state index in [4.69, 9.17) is 0 Å². The summed E-state index contributed by atoms with van der Waals surface area (Å²) in [5, 5.41) is 5.58. The van der Waals surface area contributed by atoms with Crippen molar-refractivity contribution in [1.29, 1.82) is 0 Å². The Morgan fingerprint density at radius 1 is 1.13 bits per heavy atom. The van der Waals surface area contributed by atoms with Gasteiger partial charge in [0.25, 0.3) is 0 Å². The van der Waals surface area contributed by atoms with Gasteiger partial charge in [-0.15, -0.1) is 0 Å². The first-order chi connectivity index (χ1) is 14.9. The fraction of sp³-hybridized carbons (Fsp3) is 0.435. The van der Waals surface area contributed by atoms with Crippen LogP contribution < -0.4 is 10.6 Å². The Hall–Kier alpha value is -3.29. The number of nitrogens with one attached hydrogen (secondary N) is 2. The Balaban J connectivity index is 1.98. The average Bonchev–Trinajstić information content (AvgIpc) is 3.25. The van der Waals surface area contributed by atoms with Crippen LogP contribution in [-0.2, 0) is 20.9 Å². The maximum atomic E-state index is 12.9. The number of benzene rings is 1. The second-order valence-corrected chi connectivity index (χ2v) is 7.47. The number of hydrogen-bond acceptors (Lipinski definition) is 5. The first-order valence-electron chi connectivity index (χ1n) is 10.6. The second kappa shape index (κ2) is 12.4. The highest BCUT2D eigenvalue weighted by Crippen LogP contribution is 2.14. The van der Waals surface area contributed by atoms with Gasteiger partial charge < -0.3 is 15.2 Å². The lowest BCUT2D eigenvalue weighted by atomic mass is 10.0. The number of ketones is 2. The maximum Gasteiger partial charge on any atom is 0.246 e. The number of amides is 2. The molecule has 1 heterocycles. The molecule has 1 aromatic carbocycles. The number of aromatic nitrogens is 2. The predicted molar refractivity (Wildman–Crippen MR) is 118 cm³/mol. The van der Waals surface area contributed by atoms with Gasteiger partial charge in [0, 0.05) is 36.5 Å². The summed E-state index contributed by atoms with van der Waals surface area (Å²) >= 11 is 0. The van der Waals surface area contributed by atoms with E-state index < -0.39 is 6.04 Å². The number of carbonyl (C=O) groups is 4. The zero-order valence-electron chi connectivity index (χ0n) is 18.1. The molecule has 31 heavy (non-hydrogen) atoms. The second-order valence-electron chi connectivity index (χ2n) is 7.47. The summed E-state index contributed by atoms with van der Waals surface area (Å²) in [4.78, 5) is 52.2. The van der Waals surface area contributed by atoms with Gasteiger partial charge in [0.15, 0.2) is 5.78 Å². The monoisotopic (exact) mass is 426 g/mol. The van der Waals surface area contributed by atoms with Gasteiger partial charge in [0.1, 0.15) is 18.4 Å². The molecular formula is C23H30N4O4. The van der Waals surface area contributed by atoms with Crippen LogP contribution in [-0.4, -0.2) is 39.0 Å². The fourth-order valence-electron chi connectivity index (χ4n) is 3.12. The predicted octanol–water partition coefficient (Wildman–Crippen LogP) is 3.14. The van der Waals surface area contributed by atoms with E-state index >= 15 is 0 Å². The Morgan fingerprint density at radius 3 is 2.61 bits per heavy atom. The highest BCUT2D eigenvalue weighted by molar-refractivity contribution is 5.99. The molecule has 2 rings (SSSR count). The number of imidazole rings is 1. The van der Waals surface area contributed by atoms with Crippen LogP contribution in [0.15, 0.2) is 43.0 Å². The molecule has 166 valence electrons. The third-order valence-electron chi connectivity index (χ3n) is 4.92. The summed E-state index contributed by atoms with van der Waals surface area (Å²) in [7, 11) is 0. The number of rotatable bonds is 13. The first-order valence-corrected chi connectivity index (χ1v) is 10.6. The van der Waals surface area contributed by atoms with E-state index in [-0.39, 0.29) is 29.9 Å². The molecule has 2 N–H and O–H groups in total. The minimum atomic E-state index is -0.723. The van der Waals surface area contributed by atoms with Crippen LogP contribution in [0.2, 0.25) is 0 Å². The number of Topliss-reactive ketones (excluding diaryl/α,β-unsaturated/α-hetero) is 2. The number of nitrogens with zero attached hydrogens (tertiary/aromatic N) is 2. The quantitative estimate of drug-likeness (QED) is 0.378. The standard InChI is InChI=1S/C23H30N4O4/c1-3-20(29)10-5-4-6-11-21(26-22(30)15-27-13-12-24-16-27)23(31)25-19-9-7-8-18(14-19)17(2)28/h7-9,12-14,16,21H,3-6,10-11,15H2,1-2H3,(H,25,31)(H,26,30)/t21-/m0/s1. The van der Waals surface area contributed by atoms with Crippen LogP contribution in [0, 0.1) is 0 Å². The van der Waals surface area contributed by atoms with Crippen LogP contribution in [0.3, 0.4) is 0 Å². The van der Waals surface area contributed by atoms with E-state index in [1.165, 1.54) is 13.3 Å². The van der Waals surface area contributed by atoms with Gasteiger partial charge in [-0.3, -0.25) is 19.2 Å². The lowest BCUT2D eigenvalue weighted by molar-refractivity contribution is -0.127. The van der Waals surface area contributed by atoms with E-state index in [9.17, 15) is 19.2 Å². The molecule has 0 saturated carbocycles. The number of anilines is 1. The third-order valence-corrected chi connectivity index (χ3v) is 4.92. The van der Waals surface area contributed by atoms with Crippen molar-refractivity contribution in [3.8, 4) is 0 Å². The molecule has 0 aliphatic heterocycles. The molecule has 1 aromatic heterocycles. The number of hydrogen-bond donors (Lipinski definition) is 2. The number of unbranched alkanes of at least 4 members (excludes halogenated alkanes) is 2. The maximum absolute atomic E-state index is 12.9. The molecule has 1 atom stereocenters. The largest absolute Gasteiger partial charge is 0.343 e. The molecule has 0 saturated heterocycles. The van der Waals surface area contributed by atoms with Gasteiger partial charge in [-0.05, 0) is 31.9 Å². The van der Waals surface area contributed by atoms with Gasteiger partial charge in [0.2, 0.25) is 11.8 Å². The van der Waals surface area contributed by atoms with Crippen molar-refractivity contribution in [2.24, 2.45) is 0 Å². The Labute approximate surface area is 182 Å². The Bertz CT molecular complexity index is 893. The molecule has 2 aromatic rings. The molecule has 0 aliphatic carbocycles. The van der Waals surface area contributed by atoms with Crippen molar-refractivity contribution in [3.63, 3.8) is 0 Å². The van der Waals surface area contributed by atoms with Crippen LogP contribution in [0.25, 0.3) is 0 Å². The van der Waals surface area contributed by atoms with Crippen molar-refractivity contribution >= 4 is 29.1 Å². The lowest BCUT2D eigenvalue weighted by Gasteiger charge is -2.19. The molecule has 0 aliphatic rings. The molecule has 8 nitrogen and oxygen atoms in total. The SMILES string of the molecule is CCC(=O)CCCCC[C@H](NC(=O)Cn1ccnc1)C(=O)Nc1cccc(C(C)=O)c1. The van der Waals surface area contributed by atoms with Crippen LogP contribution in [0.5, 0.6) is 0 Å². The van der Waals surface area contributed by atoms with E-state index in [2.05, 4.69) is 15.6 Å². The van der Waals surface area contributed by atoms with Crippen molar-refractivity contribution in [1.82, 2.24) is 14.9 Å². The van der Waals surface area contributed by atoms with Crippen molar-refractivity contribution in [2.45, 2.75) is 65.0 Å². The minimum Gasteiger partial charge on any atom is -0.343 e. The van der Waals surface area contributed by atoms with Crippen LogP contribution in [0.4, 0.5) is 5.69 Å². The zero-order chi connectivity index (χ0) is 22.6. The molecule has 0 spiro atoms. The Kier molecular flexibility index (Phi) is 9.61. The summed E-state index contributed by atoms with van der Waals surface area (Å²) in [5.74, 6) is -0.502. The van der Waals surface area contributed by atoms with Crippen LogP contribution >= 0.6 is 0 Å². The molecule has 2 amide bonds. The van der Waals surface area contributed by atoms with E-state index in [0.29, 0.717) is 36.9 Å². The van der Waals surface area contributed by atoms with Gasteiger partial charge in [-0.1, -0.05) is 31.9 Å². The van der Waals surface area contributed by atoms with Crippen molar-refractivity contribution in [2.75, 3.05) is 5.32 Å². The molecule has 0 unspecified atom stereocenters. The van der Waals surface area contributed by atoms with E-state index in [1.54, 1.807) is 41.2 Å². The van der Waals surface area contributed by atoms with E-state index in [0.717, 1.165) is 12.8 Å². The van der Waals surface area contributed by atoms with E-state index in [1.807, 2.05) is 6.92 Å². The summed E-state index contributed by atoms with van der Waals surface area (Å²) in [6, 6.07) is 5.97. The molecule has 0 bridgehead atoms. The van der Waals surface area contributed by atoms with Gasteiger partial charge in [-0.2, -0.15) is 0 Å². The molecular weight excluding hydrogens is 396 g/mol. The normalized spacial score (nSPS) is 11.5. The summed E-state index contributed by atoms with van der Waals surface area (Å²) < 4.78 is 1.62. The average molecular weight is 427 g/mol. The van der Waals surface area contributed by atoms with Crippen LogP contribution in [0.1, 0.15) is 62.7 Å². The zero-order valence-corrected chi connectivity index (χ0v) is 18.1. The molecule has 0 radical (unpaired) electrons. The number of carbonyl (C=O) groups excluding carboxylic acids is 4. The first kappa shape index (κ1) is 24.0.